The highest BCUT2D eigenvalue weighted by Crippen LogP contribution is 2.52. The highest BCUT2D eigenvalue weighted by molar-refractivity contribution is 5.80. The summed E-state index contributed by atoms with van der Waals surface area (Å²) in [6, 6.07) is 10.0. The van der Waals surface area contributed by atoms with Gasteiger partial charge < -0.3 is 15.5 Å². The van der Waals surface area contributed by atoms with Gasteiger partial charge in [0.25, 0.3) is 0 Å². The number of rotatable bonds is 5. The third kappa shape index (κ3) is 2.39. The minimum atomic E-state index is -1.13. The minimum absolute atomic E-state index is 0.00840. The van der Waals surface area contributed by atoms with Crippen LogP contribution in [0.3, 0.4) is 0 Å². The van der Waals surface area contributed by atoms with Crippen molar-refractivity contribution in [1.29, 1.82) is 0 Å². The number of hydrogen-bond acceptors (Lipinski definition) is 3. The highest BCUT2D eigenvalue weighted by Gasteiger charge is 2.59. The molecule has 3 rings (SSSR count). The quantitative estimate of drug-likeness (QED) is 0.725. The van der Waals surface area contributed by atoms with Crippen molar-refractivity contribution in [2.45, 2.75) is 43.9 Å². The SMILES string of the molecule is O=C(O)[C@@]1(C2(O)CCC2)C=C[C@@H](NCc2ccccc2)C1. The van der Waals surface area contributed by atoms with Crippen LogP contribution in [0.25, 0.3) is 0 Å². The molecule has 0 aliphatic heterocycles. The number of nitrogens with one attached hydrogen (secondary N) is 1. The topological polar surface area (TPSA) is 69.6 Å². The van der Waals surface area contributed by atoms with Gasteiger partial charge in [-0.3, -0.25) is 4.79 Å². The first-order valence-corrected chi connectivity index (χ1v) is 7.48. The van der Waals surface area contributed by atoms with Gasteiger partial charge in [-0.1, -0.05) is 42.5 Å². The number of hydrogen-bond donors (Lipinski definition) is 3. The normalized spacial score (nSPS) is 30.0. The van der Waals surface area contributed by atoms with Gasteiger partial charge in [-0.05, 0) is 31.2 Å². The molecule has 1 aromatic rings. The first-order chi connectivity index (χ1) is 10.1. The molecule has 1 fully saturated rings. The molecule has 4 nitrogen and oxygen atoms in total. The molecule has 1 aromatic carbocycles. The molecule has 2 aliphatic rings. The van der Waals surface area contributed by atoms with E-state index in [4.69, 9.17) is 0 Å². The number of aliphatic hydroxyl groups is 1. The largest absolute Gasteiger partial charge is 0.481 e. The Morgan fingerprint density at radius 3 is 2.57 bits per heavy atom. The van der Waals surface area contributed by atoms with E-state index in [1.165, 1.54) is 5.56 Å². The Morgan fingerprint density at radius 2 is 2.00 bits per heavy atom. The van der Waals surface area contributed by atoms with E-state index < -0.39 is 17.0 Å². The lowest BCUT2D eigenvalue weighted by molar-refractivity contribution is -0.174. The Hall–Kier alpha value is -1.65. The van der Waals surface area contributed by atoms with Crippen LogP contribution in [0.1, 0.15) is 31.2 Å². The monoisotopic (exact) mass is 287 g/mol. The van der Waals surface area contributed by atoms with Crippen molar-refractivity contribution in [2.24, 2.45) is 5.41 Å². The zero-order chi connectivity index (χ0) is 14.9. The van der Waals surface area contributed by atoms with Crippen molar-refractivity contribution in [2.75, 3.05) is 0 Å². The minimum Gasteiger partial charge on any atom is -0.481 e. The fourth-order valence-corrected chi connectivity index (χ4v) is 3.41. The molecule has 1 saturated carbocycles. The molecule has 2 aliphatic carbocycles. The average Bonchev–Trinajstić information content (AvgIpc) is 2.90. The van der Waals surface area contributed by atoms with Crippen LogP contribution in [0, 0.1) is 5.41 Å². The Morgan fingerprint density at radius 1 is 1.29 bits per heavy atom. The van der Waals surface area contributed by atoms with Crippen LogP contribution in [0.2, 0.25) is 0 Å². The Balaban J connectivity index is 1.67. The number of carboxylic acids is 1. The molecule has 0 aromatic heterocycles. The zero-order valence-electron chi connectivity index (χ0n) is 12.0. The maximum Gasteiger partial charge on any atom is 0.316 e. The fourth-order valence-electron chi connectivity index (χ4n) is 3.41. The van der Waals surface area contributed by atoms with Crippen molar-refractivity contribution in [3.63, 3.8) is 0 Å². The average molecular weight is 287 g/mol. The molecule has 4 heteroatoms. The lowest BCUT2D eigenvalue weighted by atomic mass is 9.60. The summed E-state index contributed by atoms with van der Waals surface area (Å²) in [5.41, 5.74) is -1.03. The van der Waals surface area contributed by atoms with E-state index in [9.17, 15) is 15.0 Å². The van der Waals surface area contributed by atoms with Crippen LogP contribution in [0.15, 0.2) is 42.5 Å². The smallest absolute Gasteiger partial charge is 0.316 e. The molecule has 2 atom stereocenters. The Bertz CT molecular complexity index is 550. The molecular weight excluding hydrogens is 266 g/mol. The summed E-state index contributed by atoms with van der Waals surface area (Å²) in [5, 5.41) is 23.6. The first-order valence-electron chi connectivity index (χ1n) is 7.48. The summed E-state index contributed by atoms with van der Waals surface area (Å²) in [7, 11) is 0. The van der Waals surface area contributed by atoms with Crippen LogP contribution in [-0.2, 0) is 11.3 Å². The second-order valence-corrected chi connectivity index (χ2v) is 6.20. The highest BCUT2D eigenvalue weighted by atomic mass is 16.4. The van der Waals surface area contributed by atoms with Gasteiger partial charge in [0, 0.05) is 12.6 Å². The summed E-state index contributed by atoms with van der Waals surface area (Å²) in [6.07, 6.45) is 6.09. The molecule has 0 saturated heterocycles. The van der Waals surface area contributed by atoms with Gasteiger partial charge >= 0.3 is 5.97 Å². The predicted molar refractivity (Wildman–Crippen MR) is 79.7 cm³/mol. The molecule has 0 radical (unpaired) electrons. The van der Waals surface area contributed by atoms with Crippen molar-refractivity contribution in [1.82, 2.24) is 5.32 Å². The lowest BCUT2D eigenvalue weighted by Crippen LogP contribution is -2.56. The van der Waals surface area contributed by atoms with Gasteiger partial charge in [0.2, 0.25) is 0 Å². The van der Waals surface area contributed by atoms with E-state index in [-0.39, 0.29) is 6.04 Å². The van der Waals surface area contributed by atoms with Crippen LogP contribution in [0.4, 0.5) is 0 Å². The van der Waals surface area contributed by atoms with Gasteiger partial charge in [0.1, 0.15) is 5.41 Å². The van der Waals surface area contributed by atoms with Gasteiger partial charge in [0.05, 0.1) is 5.60 Å². The molecule has 0 heterocycles. The van der Waals surface area contributed by atoms with Crippen molar-refractivity contribution >= 4 is 5.97 Å². The van der Waals surface area contributed by atoms with Crippen LogP contribution in [-0.4, -0.2) is 27.8 Å². The van der Waals surface area contributed by atoms with Crippen LogP contribution < -0.4 is 5.32 Å². The van der Waals surface area contributed by atoms with E-state index in [1.807, 2.05) is 36.4 Å². The molecule has 0 unspecified atom stereocenters. The van der Waals surface area contributed by atoms with Gasteiger partial charge in [-0.25, -0.2) is 0 Å². The lowest BCUT2D eigenvalue weighted by Gasteiger charge is -2.47. The van der Waals surface area contributed by atoms with Crippen molar-refractivity contribution in [3.8, 4) is 0 Å². The van der Waals surface area contributed by atoms with E-state index in [0.717, 1.165) is 6.42 Å². The number of aliphatic carboxylic acids is 1. The third-order valence-electron chi connectivity index (χ3n) is 4.96. The molecule has 3 N–H and O–H groups in total. The van der Waals surface area contributed by atoms with Gasteiger partial charge in [-0.15, -0.1) is 0 Å². The number of carbonyl (C=O) groups is 1. The molecule has 0 bridgehead atoms. The Labute approximate surface area is 124 Å². The summed E-state index contributed by atoms with van der Waals surface area (Å²) in [4.78, 5) is 11.7. The second-order valence-electron chi connectivity index (χ2n) is 6.20. The zero-order valence-corrected chi connectivity index (χ0v) is 12.0. The summed E-state index contributed by atoms with van der Waals surface area (Å²) >= 11 is 0. The summed E-state index contributed by atoms with van der Waals surface area (Å²) < 4.78 is 0. The van der Waals surface area contributed by atoms with Gasteiger partial charge in [0.15, 0.2) is 0 Å². The van der Waals surface area contributed by atoms with Gasteiger partial charge in [-0.2, -0.15) is 0 Å². The molecule has 0 amide bonds. The van der Waals surface area contributed by atoms with Crippen molar-refractivity contribution in [3.05, 3.63) is 48.0 Å². The predicted octanol–water partition coefficient (Wildman–Crippen LogP) is 2.09. The Kier molecular flexibility index (Phi) is 3.59. The van der Waals surface area contributed by atoms with Crippen LogP contribution >= 0.6 is 0 Å². The molecule has 0 spiro atoms. The standard InChI is InChI=1S/C17H21NO3/c19-15(20)16(17(21)8-4-9-17)10-7-14(11-16)18-12-13-5-2-1-3-6-13/h1-3,5-7,10,14,18,21H,4,8-9,11-12H2,(H,19,20)/t14-,16-/m1/s1. The summed E-state index contributed by atoms with van der Waals surface area (Å²) in [5.74, 6) is -0.912. The summed E-state index contributed by atoms with van der Waals surface area (Å²) in [6.45, 7) is 0.698. The van der Waals surface area contributed by atoms with E-state index in [2.05, 4.69) is 5.32 Å². The van der Waals surface area contributed by atoms with E-state index in [0.29, 0.717) is 25.8 Å². The molecule has 21 heavy (non-hydrogen) atoms. The molecule has 112 valence electrons. The number of benzene rings is 1. The second kappa shape index (κ2) is 5.28. The first kappa shape index (κ1) is 14.3. The maximum absolute atomic E-state index is 11.7. The molecular formula is C17H21NO3. The van der Waals surface area contributed by atoms with E-state index >= 15 is 0 Å². The third-order valence-corrected chi connectivity index (χ3v) is 4.96. The fraction of sp³-hybridized carbons (Fsp3) is 0.471. The van der Waals surface area contributed by atoms with E-state index in [1.54, 1.807) is 6.08 Å². The van der Waals surface area contributed by atoms with Crippen LogP contribution in [0.5, 0.6) is 0 Å². The maximum atomic E-state index is 11.7. The van der Waals surface area contributed by atoms with Crippen molar-refractivity contribution < 1.29 is 15.0 Å². The number of carboxylic acid groups (broad SMARTS) is 1.